The molecule has 116 valence electrons. The van der Waals surface area contributed by atoms with E-state index in [4.69, 9.17) is 0 Å². The predicted octanol–water partition coefficient (Wildman–Crippen LogP) is 1.48. The van der Waals surface area contributed by atoms with Crippen LogP contribution in [0.5, 0.6) is 5.75 Å². The first-order valence-electron chi connectivity index (χ1n) is 5.34. The van der Waals surface area contributed by atoms with Crippen molar-refractivity contribution in [3.05, 3.63) is 28.8 Å². The number of hydrogen-bond donors (Lipinski definition) is 1. The van der Waals surface area contributed by atoms with Crippen LogP contribution < -0.4 is 9.50 Å². The first kappa shape index (κ1) is 15.5. The van der Waals surface area contributed by atoms with Gasteiger partial charge in [-0.1, -0.05) is 0 Å². The highest BCUT2D eigenvalue weighted by Gasteiger charge is 2.49. The lowest BCUT2D eigenvalue weighted by Crippen LogP contribution is -2.34. The molecular weight excluding hydrogens is 325 g/mol. The molecule has 1 aromatic rings. The van der Waals surface area contributed by atoms with Gasteiger partial charge in [0.1, 0.15) is 0 Å². The Morgan fingerprint density at radius 3 is 2.38 bits per heavy atom. The second-order valence-electron chi connectivity index (χ2n) is 4.03. The van der Waals surface area contributed by atoms with Crippen LogP contribution in [0.25, 0.3) is 0 Å². The van der Waals surface area contributed by atoms with Crippen LogP contribution in [0.15, 0.2) is 6.07 Å². The molecule has 1 N–H and O–H groups in total. The number of carbonyl (C=O) groups is 1. The molecule has 0 spiro atoms. The number of halogens is 5. The first-order chi connectivity index (χ1) is 9.54. The van der Waals surface area contributed by atoms with Gasteiger partial charge in [0.15, 0.2) is 11.6 Å². The molecule has 1 aromatic carbocycles. The number of amides is 1. The van der Waals surface area contributed by atoms with Crippen LogP contribution in [0.2, 0.25) is 0 Å². The number of nitrogens with one attached hydrogen (secondary N) is 1. The van der Waals surface area contributed by atoms with Crippen molar-refractivity contribution in [2.24, 2.45) is 0 Å². The quantitative estimate of drug-likeness (QED) is 0.506. The molecule has 11 heteroatoms. The van der Waals surface area contributed by atoms with Crippen molar-refractivity contribution in [2.75, 3.05) is 6.54 Å². The van der Waals surface area contributed by atoms with E-state index in [0.29, 0.717) is 6.07 Å². The summed E-state index contributed by atoms with van der Waals surface area (Å²) in [5, 5.41) is 2.21. The van der Waals surface area contributed by atoms with Crippen molar-refractivity contribution in [1.82, 2.24) is 5.32 Å². The van der Waals surface area contributed by atoms with E-state index in [1.165, 1.54) is 0 Å². The zero-order chi connectivity index (χ0) is 16.0. The van der Waals surface area contributed by atoms with E-state index < -0.39 is 44.5 Å². The number of benzene rings is 1. The number of carbonyl (C=O) groups excluding carboxylic acids is 1. The SMILES string of the molecule is O=C1NCCc2cc(OS(=O)(=O)C(F)(F)F)c(F)c(F)c21. The maximum Gasteiger partial charge on any atom is 0.534 e. The molecule has 1 heterocycles. The summed E-state index contributed by atoms with van der Waals surface area (Å²) in [5.74, 6) is -6.15. The fourth-order valence-corrected chi connectivity index (χ4v) is 2.17. The molecule has 0 atom stereocenters. The third-order valence-electron chi connectivity index (χ3n) is 2.64. The van der Waals surface area contributed by atoms with Crippen LogP contribution in [0.3, 0.4) is 0 Å². The van der Waals surface area contributed by atoms with E-state index >= 15 is 0 Å². The Morgan fingerprint density at radius 2 is 1.81 bits per heavy atom. The van der Waals surface area contributed by atoms with Gasteiger partial charge in [-0.2, -0.15) is 26.0 Å². The van der Waals surface area contributed by atoms with E-state index in [1.807, 2.05) is 0 Å². The second kappa shape index (κ2) is 4.83. The third kappa shape index (κ3) is 2.64. The predicted molar refractivity (Wildman–Crippen MR) is 58.0 cm³/mol. The van der Waals surface area contributed by atoms with Gasteiger partial charge in [-0.05, 0) is 18.1 Å². The molecule has 0 aromatic heterocycles. The van der Waals surface area contributed by atoms with Crippen molar-refractivity contribution in [3.63, 3.8) is 0 Å². The van der Waals surface area contributed by atoms with Gasteiger partial charge >= 0.3 is 15.6 Å². The number of fused-ring (bicyclic) bond motifs is 1. The normalized spacial score (nSPS) is 15.4. The number of rotatable bonds is 2. The topological polar surface area (TPSA) is 72.5 Å². The van der Waals surface area contributed by atoms with Gasteiger partial charge in [0.2, 0.25) is 5.82 Å². The molecule has 0 unspecified atom stereocenters. The third-order valence-corrected chi connectivity index (χ3v) is 3.61. The Bertz CT molecular complexity index is 713. The fourth-order valence-electron chi connectivity index (χ4n) is 1.72. The standard InChI is InChI=1S/C10H6F5NO4S/c11-7-5(20-21(18,19)10(13,14)15)3-4-1-2-16-9(17)6(4)8(7)12/h3H,1-2H2,(H,16,17). The molecule has 0 saturated carbocycles. The number of hydrogen-bond acceptors (Lipinski definition) is 4. The van der Waals surface area contributed by atoms with Crippen molar-refractivity contribution < 1.29 is 39.3 Å². The van der Waals surface area contributed by atoms with Crippen molar-refractivity contribution in [2.45, 2.75) is 11.9 Å². The molecule has 1 aliphatic rings. The highest BCUT2D eigenvalue weighted by molar-refractivity contribution is 7.88. The smallest absolute Gasteiger partial charge is 0.373 e. The lowest BCUT2D eigenvalue weighted by Gasteiger charge is -2.19. The Balaban J connectivity index is 2.53. The lowest BCUT2D eigenvalue weighted by atomic mass is 9.99. The molecule has 1 amide bonds. The summed E-state index contributed by atoms with van der Waals surface area (Å²) in [6, 6.07) is 0.565. The van der Waals surface area contributed by atoms with Crippen LogP contribution in [-0.2, 0) is 16.5 Å². The fraction of sp³-hybridized carbons (Fsp3) is 0.300. The minimum atomic E-state index is -6.14. The molecule has 21 heavy (non-hydrogen) atoms. The Morgan fingerprint density at radius 1 is 1.19 bits per heavy atom. The maximum absolute atomic E-state index is 13.7. The Hall–Kier alpha value is -1.91. The van der Waals surface area contributed by atoms with Gasteiger partial charge in [0.05, 0.1) is 5.56 Å². The van der Waals surface area contributed by atoms with Crippen LogP contribution >= 0.6 is 0 Å². The Kier molecular flexibility index (Phi) is 3.56. The van der Waals surface area contributed by atoms with Crippen molar-refractivity contribution >= 4 is 16.0 Å². The highest BCUT2D eigenvalue weighted by Crippen LogP contribution is 2.32. The average molecular weight is 331 g/mol. The Labute approximate surface area is 114 Å². The zero-order valence-electron chi connectivity index (χ0n) is 9.92. The van der Waals surface area contributed by atoms with Crippen LogP contribution in [0.4, 0.5) is 22.0 Å². The molecule has 0 fully saturated rings. The van der Waals surface area contributed by atoms with Gasteiger partial charge < -0.3 is 9.50 Å². The second-order valence-corrected chi connectivity index (χ2v) is 5.56. The van der Waals surface area contributed by atoms with Crippen molar-refractivity contribution in [3.8, 4) is 5.75 Å². The molecule has 0 aliphatic carbocycles. The van der Waals surface area contributed by atoms with E-state index in [1.54, 1.807) is 0 Å². The van der Waals surface area contributed by atoms with E-state index in [2.05, 4.69) is 9.50 Å². The van der Waals surface area contributed by atoms with Gasteiger partial charge in [-0.25, -0.2) is 4.39 Å². The van der Waals surface area contributed by atoms with Gasteiger partial charge in [0, 0.05) is 6.54 Å². The molecule has 1 aliphatic heterocycles. The zero-order valence-corrected chi connectivity index (χ0v) is 10.7. The summed E-state index contributed by atoms with van der Waals surface area (Å²) in [7, 11) is -6.14. The van der Waals surface area contributed by atoms with Gasteiger partial charge in [-0.3, -0.25) is 4.79 Å². The van der Waals surface area contributed by atoms with E-state index in [-0.39, 0.29) is 18.5 Å². The molecular formula is C10H6F5NO4S. The maximum atomic E-state index is 13.7. The van der Waals surface area contributed by atoms with E-state index in [0.717, 1.165) is 0 Å². The average Bonchev–Trinajstić information content (AvgIpc) is 2.33. The molecule has 0 radical (unpaired) electrons. The molecule has 0 saturated heterocycles. The molecule has 2 rings (SSSR count). The molecule has 5 nitrogen and oxygen atoms in total. The molecule has 0 bridgehead atoms. The number of alkyl halides is 3. The van der Waals surface area contributed by atoms with Gasteiger partial charge in [0.25, 0.3) is 5.91 Å². The minimum Gasteiger partial charge on any atom is -0.373 e. The summed E-state index contributed by atoms with van der Waals surface area (Å²) in [4.78, 5) is 11.4. The van der Waals surface area contributed by atoms with Crippen molar-refractivity contribution in [1.29, 1.82) is 0 Å². The van der Waals surface area contributed by atoms with E-state index in [9.17, 15) is 35.2 Å². The summed E-state index contributed by atoms with van der Waals surface area (Å²) in [6.07, 6.45) is -0.0132. The summed E-state index contributed by atoms with van der Waals surface area (Å²) >= 11 is 0. The van der Waals surface area contributed by atoms with Crippen LogP contribution in [0, 0.1) is 11.6 Å². The van der Waals surface area contributed by atoms with Gasteiger partial charge in [-0.15, -0.1) is 0 Å². The lowest BCUT2D eigenvalue weighted by molar-refractivity contribution is -0.0501. The van der Waals surface area contributed by atoms with Crippen LogP contribution in [0.1, 0.15) is 15.9 Å². The summed E-state index contributed by atoms with van der Waals surface area (Å²) < 4.78 is 88.9. The monoisotopic (exact) mass is 331 g/mol. The largest absolute Gasteiger partial charge is 0.534 e. The first-order valence-corrected chi connectivity index (χ1v) is 6.75. The minimum absolute atomic E-state index is 0.0132. The van der Waals surface area contributed by atoms with Crippen LogP contribution in [-0.4, -0.2) is 26.4 Å². The summed E-state index contributed by atoms with van der Waals surface area (Å²) in [5.41, 5.74) is -6.62. The highest BCUT2D eigenvalue weighted by atomic mass is 32.2. The summed E-state index contributed by atoms with van der Waals surface area (Å²) in [6.45, 7) is 0.0440.